The van der Waals surface area contributed by atoms with Crippen molar-refractivity contribution in [3.05, 3.63) is 35.3 Å². The second kappa shape index (κ2) is 5.20. The van der Waals surface area contributed by atoms with Gasteiger partial charge in [-0.1, -0.05) is 6.07 Å². The first-order chi connectivity index (χ1) is 8.83. The fourth-order valence-corrected chi connectivity index (χ4v) is 2.36. The van der Waals surface area contributed by atoms with E-state index in [1.165, 1.54) is 6.42 Å². The van der Waals surface area contributed by atoms with E-state index in [1.54, 1.807) is 0 Å². The third kappa shape index (κ3) is 2.47. The Labute approximate surface area is 114 Å². The van der Waals surface area contributed by atoms with E-state index in [-0.39, 0.29) is 6.23 Å². The van der Waals surface area contributed by atoms with Gasteiger partial charge in [-0.2, -0.15) is 5.10 Å². The minimum Gasteiger partial charge on any atom is -0.357 e. The van der Waals surface area contributed by atoms with Gasteiger partial charge in [-0.15, -0.1) is 0 Å². The van der Waals surface area contributed by atoms with Gasteiger partial charge in [0, 0.05) is 30.1 Å². The van der Waals surface area contributed by atoms with Crippen LogP contribution in [0, 0.1) is 0 Å². The summed E-state index contributed by atoms with van der Waals surface area (Å²) in [6, 6.07) is 3.96. The first-order valence-electron chi connectivity index (χ1n) is 6.10. The van der Waals surface area contributed by atoms with Crippen LogP contribution in [0.25, 0.3) is 11.1 Å². The maximum Gasteiger partial charge on any atom is 0.150 e. The van der Waals surface area contributed by atoms with E-state index in [9.17, 15) is 0 Å². The topological polar surface area (TPSA) is 39.9 Å². The summed E-state index contributed by atoms with van der Waals surface area (Å²) in [5.74, 6) is 0. The molecule has 0 saturated carbocycles. The fourth-order valence-electron chi connectivity index (χ4n) is 2.12. The molecule has 4 nitrogen and oxygen atoms in total. The molecule has 0 spiro atoms. The van der Waals surface area contributed by atoms with Crippen LogP contribution in [0.15, 0.2) is 35.3 Å². The second-order valence-electron chi connectivity index (χ2n) is 4.40. The smallest absolute Gasteiger partial charge is 0.150 e. The Hall–Kier alpha value is -1.20. The summed E-state index contributed by atoms with van der Waals surface area (Å²) < 4.78 is 8.46. The standard InChI is InChI=1S/C13H14BrN3O/c14-12-5-4-10(7-15-12)11-8-16-17(9-11)13-3-1-2-6-18-13/h4-5,7-9,13H,1-3,6H2. The van der Waals surface area contributed by atoms with E-state index >= 15 is 0 Å². The third-order valence-electron chi connectivity index (χ3n) is 3.11. The van der Waals surface area contributed by atoms with Crippen LogP contribution in [-0.2, 0) is 4.74 Å². The molecule has 1 aliphatic rings. The summed E-state index contributed by atoms with van der Waals surface area (Å²) in [5.41, 5.74) is 2.14. The predicted molar refractivity (Wildman–Crippen MR) is 72.0 cm³/mol. The molecule has 18 heavy (non-hydrogen) atoms. The molecule has 1 unspecified atom stereocenters. The van der Waals surface area contributed by atoms with Gasteiger partial charge in [-0.25, -0.2) is 9.67 Å². The van der Waals surface area contributed by atoms with Crippen LogP contribution in [0.2, 0.25) is 0 Å². The SMILES string of the molecule is Brc1ccc(-c2cnn(C3CCCCO3)c2)cn1. The summed E-state index contributed by atoms with van der Waals surface area (Å²) in [7, 11) is 0. The molecule has 0 aromatic carbocycles. The summed E-state index contributed by atoms with van der Waals surface area (Å²) in [5, 5.41) is 4.39. The number of hydrogen-bond donors (Lipinski definition) is 0. The van der Waals surface area contributed by atoms with Crippen LogP contribution < -0.4 is 0 Å². The van der Waals surface area contributed by atoms with Gasteiger partial charge in [-0.05, 0) is 41.3 Å². The predicted octanol–water partition coefficient (Wildman–Crippen LogP) is 3.41. The van der Waals surface area contributed by atoms with Gasteiger partial charge in [0.05, 0.1) is 6.20 Å². The van der Waals surface area contributed by atoms with Crippen molar-refractivity contribution in [3.63, 3.8) is 0 Å². The molecular weight excluding hydrogens is 294 g/mol. The Morgan fingerprint density at radius 2 is 2.17 bits per heavy atom. The first kappa shape index (κ1) is 11.9. The minimum absolute atomic E-state index is 0.0934. The number of rotatable bonds is 2. The lowest BCUT2D eigenvalue weighted by Crippen LogP contribution is -2.18. The van der Waals surface area contributed by atoms with Crippen LogP contribution in [0.3, 0.4) is 0 Å². The van der Waals surface area contributed by atoms with E-state index in [1.807, 2.05) is 35.4 Å². The molecule has 5 heteroatoms. The molecule has 94 valence electrons. The van der Waals surface area contributed by atoms with Crippen LogP contribution in [0.4, 0.5) is 0 Å². The molecule has 0 aliphatic carbocycles. The summed E-state index contributed by atoms with van der Waals surface area (Å²) in [4.78, 5) is 4.23. The summed E-state index contributed by atoms with van der Waals surface area (Å²) in [6.45, 7) is 0.833. The van der Waals surface area contributed by atoms with E-state index in [0.717, 1.165) is 35.2 Å². The zero-order chi connectivity index (χ0) is 12.4. The Bertz CT molecular complexity index is 517. The number of aromatic nitrogens is 3. The highest BCUT2D eigenvalue weighted by Crippen LogP contribution is 2.25. The molecular formula is C13H14BrN3O. The monoisotopic (exact) mass is 307 g/mol. The van der Waals surface area contributed by atoms with E-state index in [0.29, 0.717) is 0 Å². The lowest BCUT2D eigenvalue weighted by Gasteiger charge is -2.22. The van der Waals surface area contributed by atoms with Crippen molar-refractivity contribution in [1.29, 1.82) is 0 Å². The van der Waals surface area contributed by atoms with Crippen molar-refractivity contribution in [2.45, 2.75) is 25.5 Å². The molecule has 1 aliphatic heterocycles. The molecule has 3 heterocycles. The third-order valence-corrected chi connectivity index (χ3v) is 3.58. The van der Waals surface area contributed by atoms with Crippen molar-refractivity contribution in [3.8, 4) is 11.1 Å². The maximum atomic E-state index is 5.71. The number of pyridine rings is 1. The minimum atomic E-state index is 0.0934. The molecule has 2 aromatic rings. The molecule has 1 saturated heterocycles. The highest BCUT2D eigenvalue weighted by molar-refractivity contribution is 9.10. The van der Waals surface area contributed by atoms with Gasteiger partial charge in [0.15, 0.2) is 0 Å². The van der Waals surface area contributed by atoms with Gasteiger partial charge in [-0.3, -0.25) is 0 Å². The molecule has 0 N–H and O–H groups in total. The van der Waals surface area contributed by atoms with Gasteiger partial charge < -0.3 is 4.74 Å². The van der Waals surface area contributed by atoms with Gasteiger partial charge >= 0.3 is 0 Å². The molecule has 0 bridgehead atoms. The molecule has 0 radical (unpaired) electrons. The van der Waals surface area contributed by atoms with Crippen molar-refractivity contribution in [2.24, 2.45) is 0 Å². The zero-order valence-electron chi connectivity index (χ0n) is 9.92. The lowest BCUT2D eigenvalue weighted by molar-refractivity contribution is -0.0394. The number of hydrogen-bond acceptors (Lipinski definition) is 3. The fraction of sp³-hybridized carbons (Fsp3) is 0.385. The number of ether oxygens (including phenoxy) is 1. The van der Waals surface area contributed by atoms with Gasteiger partial charge in [0.2, 0.25) is 0 Å². The van der Waals surface area contributed by atoms with Crippen molar-refractivity contribution < 1.29 is 4.74 Å². The number of nitrogens with zero attached hydrogens (tertiary/aromatic N) is 3. The zero-order valence-corrected chi connectivity index (χ0v) is 11.5. The van der Waals surface area contributed by atoms with Gasteiger partial charge in [0.25, 0.3) is 0 Å². The molecule has 2 aromatic heterocycles. The Morgan fingerprint density at radius 3 is 2.89 bits per heavy atom. The van der Waals surface area contributed by atoms with Gasteiger partial charge in [0.1, 0.15) is 10.8 Å². The Balaban J connectivity index is 1.82. The van der Waals surface area contributed by atoms with E-state index in [4.69, 9.17) is 4.74 Å². The second-order valence-corrected chi connectivity index (χ2v) is 5.21. The van der Waals surface area contributed by atoms with Crippen molar-refractivity contribution in [1.82, 2.24) is 14.8 Å². The first-order valence-corrected chi connectivity index (χ1v) is 6.90. The normalized spacial score (nSPS) is 19.9. The molecule has 0 amide bonds. The molecule has 1 fully saturated rings. The highest BCUT2D eigenvalue weighted by Gasteiger charge is 2.16. The van der Waals surface area contributed by atoms with E-state index < -0.39 is 0 Å². The summed E-state index contributed by atoms with van der Waals surface area (Å²) in [6.07, 6.45) is 9.23. The Kier molecular flexibility index (Phi) is 3.43. The Morgan fingerprint density at radius 1 is 1.22 bits per heavy atom. The maximum absolute atomic E-state index is 5.71. The number of halogens is 1. The van der Waals surface area contributed by atoms with Crippen molar-refractivity contribution >= 4 is 15.9 Å². The highest BCUT2D eigenvalue weighted by atomic mass is 79.9. The van der Waals surface area contributed by atoms with Crippen LogP contribution >= 0.6 is 15.9 Å². The average molecular weight is 308 g/mol. The quantitative estimate of drug-likeness (QED) is 0.798. The van der Waals surface area contributed by atoms with E-state index in [2.05, 4.69) is 26.0 Å². The molecule has 3 rings (SSSR count). The average Bonchev–Trinajstić information content (AvgIpc) is 2.90. The van der Waals surface area contributed by atoms with Crippen molar-refractivity contribution in [2.75, 3.05) is 6.61 Å². The largest absolute Gasteiger partial charge is 0.357 e. The summed E-state index contributed by atoms with van der Waals surface area (Å²) >= 11 is 3.33. The van der Waals surface area contributed by atoms with Crippen LogP contribution in [0.1, 0.15) is 25.5 Å². The lowest BCUT2D eigenvalue weighted by atomic mass is 10.1. The molecule has 1 atom stereocenters. The van der Waals surface area contributed by atoms with Crippen LogP contribution in [-0.4, -0.2) is 21.4 Å². The van der Waals surface area contributed by atoms with Crippen LogP contribution in [0.5, 0.6) is 0 Å².